The van der Waals surface area contributed by atoms with Gasteiger partial charge >= 0.3 is 0 Å². The molecule has 25 heavy (non-hydrogen) atoms. The first-order valence-corrected chi connectivity index (χ1v) is 9.49. The third-order valence-corrected chi connectivity index (χ3v) is 6.62. The number of hydrogen-bond acceptors (Lipinski definition) is 3. The Morgan fingerprint density at radius 1 is 1.08 bits per heavy atom. The Hall–Kier alpha value is -1.95. The molecule has 4 aliphatic rings. The van der Waals surface area contributed by atoms with E-state index in [9.17, 15) is 9.59 Å². The van der Waals surface area contributed by atoms with Crippen molar-refractivity contribution in [3.8, 4) is 0 Å². The summed E-state index contributed by atoms with van der Waals surface area (Å²) < 4.78 is 0.274. The van der Waals surface area contributed by atoms with Crippen molar-refractivity contribution in [2.75, 3.05) is 0 Å². The minimum atomic E-state index is -0.230. The first-order chi connectivity index (χ1) is 12.0. The van der Waals surface area contributed by atoms with E-state index < -0.39 is 0 Å². The molecule has 1 amide bonds. The topological polar surface area (TPSA) is 77.8 Å². The van der Waals surface area contributed by atoms with Crippen LogP contribution in [0.25, 0.3) is 10.9 Å². The maximum atomic E-state index is 12.9. The molecule has 0 aliphatic heterocycles. The van der Waals surface area contributed by atoms with E-state index in [2.05, 4.69) is 15.3 Å². The molecule has 4 bridgehead atoms. The maximum absolute atomic E-state index is 12.9. The summed E-state index contributed by atoms with van der Waals surface area (Å²) in [6, 6.07) is 5.15. The molecule has 0 radical (unpaired) electrons. The van der Waals surface area contributed by atoms with Crippen LogP contribution in [-0.4, -0.2) is 21.4 Å². The van der Waals surface area contributed by atoms with Gasteiger partial charge < -0.3 is 10.3 Å². The predicted molar refractivity (Wildman–Crippen MR) is 98.1 cm³/mol. The monoisotopic (exact) mass is 355 g/mol. The number of aromatic amines is 2. The summed E-state index contributed by atoms with van der Waals surface area (Å²) in [6.45, 7) is 0. The number of aromatic nitrogens is 2. The number of benzene rings is 1. The van der Waals surface area contributed by atoms with Gasteiger partial charge in [0.2, 0.25) is 0 Å². The molecule has 1 heterocycles. The molecular weight excluding hydrogens is 334 g/mol. The molecule has 3 N–H and O–H groups in total. The van der Waals surface area contributed by atoms with Gasteiger partial charge in [0, 0.05) is 11.1 Å². The molecule has 130 valence electrons. The molecule has 0 spiro atoms. The molecule has 4 saturated carbocycles. The van der Waals surface area contributed by atoms with Crippen LogP contribution in [0.2, 0.25) is 0 Å². The van der Waals surface area contributed by atoms with Gasteiger partial charge in [0.1, 0.15) is 0 Å². The molecular formula is C19H21N3O2S. The average molecular weight is 355 g/mol. The Bertz CT molecular complexity index is 955. The lowest BCUT2D eigenvalue weighted by Gasteiger charge is -2.56. The van der Waals surface area contributed by atoms with Gasteiger partial charge in [0.25, 0.3) is 11.5 Å². The average Bonchev–Trinajstić information content (AvgIpc) is 2.52. The van der Waals surface area contributed by atoms with Gasteiger partial charge in [-0.2, -0.15) is 0 Å². The number of fused-ring (bicyclic) bond motifs is 1. The fourth-order valence-corrected chi connectivity index (χ4v) is 6.09. The van der Waals surface area contributed by atoms with Crippen LogP contribution in [0.1, 0.15) is 48.9 Å². The SMILES string of the molecule is O=C(NC12CC3CC(CC(C3)C1)C2)c1ccc2c(=O)[nH]c(=S)[nH]c2c1. The molecule has 1 aromatic carbocycles. The van der Waals surface area contributed by atoms with Gasteiger partial charge in [0.05, 0.1) is 10.9 Å². The number of H-pyrrole nitrogens is 2. The van der Waals surface area contributed by atoms with E-state index in [1.807, 2.05) is 0 Å². The number of nitrogens with one attached hydrogen (secondary N) is 3. The normalized spacial score (nSPS) is 32.9. The molecule has 0 unspecified atom stereocenters. The van der Waals surface area contributed by atoms with E-state index in [1.165, 1.54) is 19.3 Å². The van der Waals surface area contributed by atoms with Gasteiger partial charge in [-0.25, -0.2) is 0 Å². The lowest BCUT2D eigenvalue weighted by atomic mass is 9.53. The van der Waals surface area contributed by atoms with Crippen molar-refractivity contribution in [1.82, 2.24) is 15.3 Å². The highest BCUT2D eigenvalue weighted by Crippen LogP contribution is 2.55. The number of amides is 1. The van der Waals surface area contributed by atoms with Crippen molar-refractivity contribution < 1.29 is 4.79 Å². The van der Waals surface area contributed by atoms with Crippen LogP contribution < -0.4 is 10.9 Å². The standard InChI is InChI=1S/C19H21N3O2S/c23-16(13-1-2-14-15(6-13)20-18(25)21-17(14)24)22-19-7-10-3-11(8-19)5-12(4-10)9-19/h1-2,6,10-12H,3-5,7-9H2,(H,22,23)(H2,20,21,24,25). The molecule has 4 aliphatic carbocycles. The van der Waals surface area contributed by atoms with E-state index in [-0.39, 0.29) is 21.8 Å². The Labute approximate surface area is 150 Å². The smallest absolute Gasteiger partial charge is 0.259 e. The molecule has 6 rings (SSSR count). The molecule has 0 atom stereocenters. The second kappa shape index (κ2) is 5.27. The Morgan fingerprint density at radius 3 is 2.36 bits per heavy atom. The zero-order chi connectivity index (χ0) is 17.2. The molecule has 4 fully saturated rings. The van der Waals surface area contributed by atoms with Crippen molar-refractivity contribution in [2.24, 2.45) is 17.8 Å². The Morgan fingerprint density at radius 2 is 1.72 bits per heavy atom. The summed E-state index contributed by atoms with van der Waals surface area (Å²) in [7, 11) is 0. The maximum Gasteiger partial charge on any atom is 0.259 e. The number of carbonyl (C=O) groups is 1. The summed E-state index contributed by atoms with van der Waals surface area (Å²) >= 11 is 5.03. The largest absolute Gasteiger partial charge is 0.347 e. The van der Waals surface area contributed by atoms with E-state index in [4.69, 9.17) is 12.2 Å². The first kappa shape index (κ1) is 15.3. The van der Waals surface area contributed by atoms with Gasteiger partial charge in [-0.3, -0.25) is 14.6 Å². The van der Waals surface area contributed by atoms with E-state index >= 15 is 0 Å². The number of hydrogen-bond donors (Lipinski definition) is 3. The summed E-state index contributed by atoms with van der Waals surface area (Å²) in [5.74, 6) is 2.33. The van der Waals surface area contributed by atoms with Crippen LogP contribution in [0.4, 0.5) is 0 Å². The van der Waals surface area contributed by atoms with Crippen molar-refractivity contribution in [3.05, 3.63) is 38.9 Å². The molecule has 0 saturated heterocycles. The van der Waals surface area contributed by atoms with Gasteiger partial charge in [0.15, 0.2) is 4.77 Å². The highest BCUT2D eigenvalue weighted by Gasteiger charge is 2.51. The number of rotatable bonds is 2. The van der Waals surface area contributed by atoms with Crippen LogP contribution in [0.3, 0.4) is 0 Å². The summed E-state index contributed by atoms with van der Waals surface area (Å²) in [5.41, 5.74) is 0.945. The molecule has 2 aromatic rings. The summed E-state index contributed by atoms with van der Waals surface area (Å²) in [4.78, 5) is 30.4. The second-order valence-electron chi connectivity index (χ2n) is 8.32. The highest BCUT2D eigenvalue weighted by atomic mass is 32.1. The zero-order valence-electron chi connectivity index (χ0n) is 13.9. The van der Waals surface area contributed by atoms with Gasteiger partial charge in [-0.15, -0.1) is 0 Å². The van der Waals surface area contributed by atoms with Crippen LogP contribution >= 0.6 is 12.2 Å². The fraction of sp³-hybridized carbons (Fsp3) is 0.526. The third-order valence-electron chi connectivity index (χ3n) is 6.42. The van der Waals surface area contributed by atoms with Crippen molar-refractivity contribution in [2.45, 2.75) is 44.1 Å². The van der Waals surface area contributed by atoms with Gasteiger partial charge in [-0.05, 0) is 86.7 Å². The lowest BCUT2D eigenvalue weighted by molar-refractivity contribution is -0.0167. The van der Waals surface area contributed by atoms with Crippen molar-refractivity contribution in [1.29, 1.82) is 0 Å². The van der Waals surface area contributed by atoms with Crippen LogP contribution in [0, 0.1) is 22.5 Å². The molecule has 1 aromatic heterocycles. The van der Waals surface area contributed by atoms with Crippen molar-refractivity contribution >= 4 is 29.0 Å². The molecule has 5 nitrogen and oxygen atoms in total. The summed E-state index contributed by atoms with van der Waals surface area (Å²) in [5, 5.41) is 3.88. The molecule has 6 heteroatoms. The van der Waals surface area contributed by atoms with E-state index in [0.717, 1.165) is 37.0 Å². The predicted octanol–water partition coefficient (Wildman–Crippen LogP) is 3.28. The van der Waals surface area contributed by atoms with Crippen molar-refractivity contribution in [3.63, 3.8) is 0 Å². The van der Waals surface area contributed by atoms with Gasteiger partial charge in [-0.1, -0.05) is 0 Å². The van der Waals surface area contributed by atoms with Crippen LogP contribution in [0.15, 0.2) is 23.0 Å². The fourth-order valence-electron chi connectivity index (χ4n) is 5.89. The quantitative estimate of drug-likeness (QED) is 0.724. The van der Waals surface area contributed by atoms with Crippen LogP contribution in [0.5, 0.6) is 0 Å². The van der Waals surface area contributed by atoms with E-state index in [0.29, 0.717) is 16.5 Å². The minimum Gasteiger partial charge on any atom is -0.347 e. The van der Waals surface area contributed by atoms with E-state index in [1.54, 1.807) is 18.2 Å². The highest BCUT2D eigenvalue weighted by molar-refractivity contribution is 7.71. The summed E-state index contributed by atoms with van der Waals surface area (Å²) in [6.07, 6.45) is 7.43. The Kier molecular flexibility index (Phi) is 3.23. The first-order valence-electron chi connectivity index (χ1n) is 9.09. The number of carbonyl (C=O) groups excluding carboxylic acids is 1. The zero-order valence-corrected chi connectivity index (χ0v) is 14.7. The Balaban J connectivity index is 1.46. The minimum absolute atomic E-state index is 0.0121. The third kappa shape index (κ3) is 2.54. The lowest BCUT2D eigenvalue weighted by Crippen LogP contribution is -2.59. The second-order valence-corrected chi connectivity index (χ2v) is 8.73. The van der Waals surface area contributed by atoms with Crippen LogP contribution in [-0.2, 0) is 0 Å².